The van der Waals surface area contributed by atoms with Gasteiger partial charge in [0, 0.05) is 0 Å². The first-order valence-electron chi connectivity index (χ1n) is 3.30. The summed E-state index contributed by atoms with van der Waals surface area (Å²) in [6.45, 7) is 3.45. The third kappa shape index (κ3) is 146. The Kier molecular flexibility index (Phi) is 29.9. The van der Waals surface area contributed by atoms with Gasteiger partial charge in [-0.05, 0) is 13.8 Å². The maximum absolute atomic E-state index is 9.71. The number of carbonyl (C=O) groups is 1. The first-order chi connectivity index (χ1) is 6.10. The van der Waals surface area contributed by atoms with Crippen LogP contribution in [0.2, 0.25) is 0 Å². The van der Waals surface area contributed by atoms with E-state index in [4.69, 9.17) is 14.7 Å². The quantitative estimate of drug-likeness (QED) is 0.515. The van der Waals surface area contributed by atoms with E-state index in [1.807, 2.05) is 0 Å². The molecular formula is C9H12O4. The Morgan fingerprint density at radius 2 is 1.85 bits per heavy atom. The van der Waals surface area contributed by atoms with Crippen LogP contribution < -0.4 is 0 Å². The molecule has 0 radical (unpaired) electrons. The number of rotatable bonds is 2. The van der Waals surface area contributed by atoms with Gasteiger partial charge in [-0.1, -0.05) is 12.2 Å². The van der Waals surface area contributed by atoms with Crippen molar-refractivity contribution in [3.05, 3.63) is 12.2 Å². The smallest absolute Gasteiger partial charge is 0.373 e. The number of aliphatic carboxylic acids is 1. The maximum atomic E-state index is 9.71. The van der Waals surface area contributed by atoms with Crippen LogP contribution in [-0.4, -0.2) is 17.2 Å². The molecule has 0 aliphatic carbocycles. The van der Waals surface area contributed by atoms with Gasteiger partial charge in [-0.15, -0.1) is 12.3 Å². The molecule has 0 heterocycles. The fourth-order valence-corrected chi connectivity index (χ4v) is 0.219. The van der Waals surface area contributed by atoms with Crippen LogP contribution in [0.15, 0.2) is 12.2 Å². The average molecular weight is 184 g/mol. The second-order valence-corrected chi connectivity index (χ2v) is 1.54. The lowest BCUT2D eigenvalue weighted by atomic mass is 10.4. The molecule has 0 aromatic heterocycles. The molecule has 0 saturated carbocycles. The van der Waals surface area contributed by atoms with Crippen molar-refractivity contribution in [3.8, 4) is 12.3 Å². The van der Waals surface area contributed by atoms with Gasteiger partial charge < -0.3 is 5.11 Å². The molecule has 0 unspecified atom stereocenters. The standard InChI is InChI=1S/C5H8O2.C3H4.CO2/c1-2-3-4-5(6)7;1-3-2;2-1-3/h2-3H,4H2,1H3,(H,6,7);1H,2H3;/b3-2+;;. The molecule has 0 aliphatic heterocycles. The second-order valence-electron chi connectivity index (χ2n) is 1.54. The number of allylic oxidation sites excluding steroid dienone is 1. The van der Waals surface area contributed by atoms with Gasteiger partial charge in [0.15, 0.2) is 0 Å². The molecular weight excluding hydrogens is 172 g/mol. The third-order valence-electron chi connectivity index (χ3n) is 0.528. The lowest BCUT2D eigenvalue weighted by Gasteiger charge is -1.77. The Hall–Kier alpha value is -1.85. The van der Waals surface area contributed by atoms with Crippen molar-refractivity contribution in [2.45, 2.75) is 20.3 Å². The highest BCUT2D eigenvalue weighted by atomic mass is 16.4. The molecule has 4 nitrogen and oxygen atoms in total. The highest BCUT2D eigenvalue weighted by molar-refractivity contribution is 5.68. The van der Waals surface area contributed by atoms with E-state index in [1.54, 1.807) is 26.0 Å². The largest absolute Gasteiger partial charge is 0.481 e. The van der Waals surface area contributed by atoms with Crippen molar-refractivity contribution < 1.29 is 19.5 Å². The van der Waals surface area contributed by atoms with E-state index in [0.29, 0.717) is 0 Å². The summed E-state index contributed by atoms with van der Waals surface area (Å²) in [5.41, 5.74) is 0. The van der Waals surface area contributed by atoms with Crippen molar-refractivity contribution in [2.75, 3.05) is 0 Å². The average Bonchev–Trinajstić information content (AvgIpc) is 2.04. The van der Waals surface area contributed by atoms with Gasteiger partial charge in [0.25, 0.3) is 0 Å². The summed E-state index contributed by atoms with van der Waals surface area (Å²) in [6.07, 6.45) is 8.30. The Morgan fingerprint density at radius 3 is 1.92 bits per heavy atom. The SMILES string of the molecule is C#CC.C/C=C/CC(=O)O.O=C=O. The fourth-order valence-electron chi connectivity index (χ4n) is 0.219. The first-order valence-corrected chi connectivity index (χ1v) is 3.30. The predicted octanol–water partition coefficient (Wildman–Crippen LogP) is 1.09. The summed E-state index contributed by atoms with van der Waals surface area (Å²) in [5, 5.41) is 7.99. The predicted molar refractivity (Wildman–Crippen MR) is 46.6 cm³/mol. The zero-order valence-corrected chi connectivity index (χ0v) is 7.61. The van der Waals surface area contributed by atoms with Gasteiger partial charge in [0.05, 0.1) is 6.42 Å². The van der Waals surface area contributed by atoms with E-state index in [0.717, 1.165) is 0 Å². The van der Waals surface area contributed by atoms with Gasteiger partial charge in [-0.25, -0.2) is 0 Å². The van der Waals surface area contributed by atoms with E-state index >= 15 is 0 Å². The second kappa shape index (κ2) is 22.5. The van der Waals surface area contributed by atoms with Gasteiger partial charge in [0.2, 0.25) is 0 Å². The molecule has 0 aromatic rings. The topological polar surface area (TPSA) is 71.4 Å². The number of hydrogen-bond acceptors (Lipinski definition) is 3. The number of hydrogen-bond donors (Lipinski definition) is 1. The van der Waals surface area contributed by atoms with Crippen molar-refractivity contribution in [1.82, 2.24) is 0 Å². The summed E-state index contributed by atoms with van der Waals surface area (Å²) in [4.78, 5) is 26.0. The Balaban J connectivity index is -0.000000140. The van der Waals surface area contributed by atoms with Crippen LogP contribution in [0.25, 0.3) is 0 Å². The molecule has 0 fully saturated rings. The minimum atomic E-state index is -0.780. The number of terminal acetylenes is 1. The monoisotopic (exact) mass is 184 g/mol. The van der Waals surface area contributed by atoms with Crippen LogP contribution in [0.5, 0.6) is 0 Å². The maximum Gasteiger partial charge on any atom is 0.373 e. The van der Waals surface area contributed by atoms with E-state index in [2.05, 4.69) is 12.3 Å². The van der Waals surface area contributed by atoms with Crippen LogP contribution in [0, 0.1) is 12.3 Å². The molecule has 0 amide bonds. The zero-order chi connectivity index (χ0) is 11.1. The van der Waals surface area contributed by atoms with Gasteiger partial charge in [-0.2, -0.15) is 9.59 Å². The minimum absolute atomic E-state index is 0.135. The Morgan fingerprint density at radius 1 is 1.54 bits per heavy atom. The fraction of sp³-hybridized carbons (Fsp3) is 0.333. The lowest BCUT2D eigenvalue weighted by Crippen LogP contribution is -1.88. The number of carboxylic acid groups (broad SMARTS) is 1. The summed E-state index contributed by atoms with van der Waals surface area (Å²) in [5.74, 6) is 1.47. The van der Waals surface area contributed by atoms with E-state index < -0.39 is 5.97 Å². The van der Waals surface area contributed by atoms with Crippen LogP contribution >= 0.6 is 0 Å². The van der Waals surface area contributed by atoms with Crippen molar-refractivity contribution in [3.63, 3.8) is 0 Å². The van der Waals surface area contributed by atoms with E-state index in [9.17, 15) is 4.79 Å². The minimum Gasteiger partial charge on any atom is -0.481 e. The molecule has 0 bridgehead atoms. The first kappa shape index (κ1) is 17.3. The zero-order valence-electron chi connectivity index (χ0n) is 7.61. The van der Waals surface area contributed by atoms with Gasteiger partial charge >= 0.3 is 12.1 Å². The molecule has 1 N–H and O–H groups in total. The number of carbonyl (C=O) groups excluding carboxylic acids is 2. The van der Waals surface area contributed by atoms with Crippen LogP contribution in [0.4, 0.5) is 0 Å². The summed E-state index contributed by atoms with van der Waals surface area (Å²) < 4.78 is 0. The molecule has 4 heteroatoms. The Bertz CT molecular complexity index is 204. The van der Waals surface area contributed by atoms with Crippen LogP contribution in [0.1, 0.15) is 20.3 Å². The summed E-state index contributed by atoms with van der Waals surface area (Å²) in [6, 6.07) is 0. The molecule has 0 atom stereocenters. The van der Waals surface area contributed by atoms with Crippen molar-refractivity contribution >= 4 is 12.1 Å². The highest BCUT2D eigenvalue weighted by Gasteiger charge is 1.85. The summed E-state index contributed by atoms with van der Waals surface area (Å²) >= 11 is 0. The van der Waals surface area contributed by atoms with Crippen molar-refractivity contribution in [2.24, 2.45) is 0 Å². The Labute approximate surface area is 77.3 Å². The molecule has 0 spiro atoms. The van der Waals surface area contributed by atoms with E-state index in [-0.39, 0.29) is 12.6 Å². The molecule has 13 heavy (non-hydrogen) atoms. The molecule has 0 rings (SSSR count). The van der Waals surface area contributed by atoms with Crippen LogP contribution in [-0.2, 0) is 14.4 Å². The van der Waals surface area contributed by atoms with Crippen molar-refractivity contribution in [1.29, 1.82) is 0 Å². The highest BCUT2D eigenvalue weighted by Crippen LogP contribution is 1.79. The molecule has 72 valence electrons. The third-order valence-corrected chi connectivity index (χ3v) is 0.528. The van der Waals surface area contributed by atoms with Gasteiger partial charge in [-0.3, -0.25) is 4.79 Å². The summed E-state index contributed by atoms with van der Waals surface area (Å²) in [7, 11) is 0. The molecule has 0 aliphatic rings. The normalized spacial score (nSPS) is 6.54. The van der Waals surface area contributed by atoms with Gasteiger partial charge in [0.1, 0.15) is 0 Å². The number of carboxylic acids is 1. The molecule has 0 aromatic carbocycles. The van der Waals surface area contributed by atoms with Crippen LogP contribution in [0.3, 0.4) is 0 Å². The van der Waals surface area contributed by atoms with E-state index in [1.165, 1.54) is 0 Å². The molecule has 0 saturated heterocycles. The lowest BCUT2D eigenvalue weighted by molar-refractivity contribution is -0.191.